The molecule has 3 unspecified atom stereocenters. The highest BCUT2D eigenvalue weighted by molar-refractivity contribution is 5.05. The molecule has 109 heavy (non-hydrogen) atoms. The van der Waals surface area contributed by atoms with E-state index in [1.165, 1.54) is 0 Å². The standard InChI is InChI=1S/C59H105NO49/c60-2-1-3-94-58-50(26(82)24(80)39(101-58)13(70)5-62)109-59-51(27(83)25(81)40(102-59)14(71)6-63)108-53-29(85)21(77)23(79)45(103-53)19(11-68)95-54-34(90)46(30(86)41(97-54)15(72)7-64)105-56-36(92)48(32(88)43(99-56)17(74)9-66)107-57-37(93)49(33(89)44(100-57)18(75)10-67)106-55-35(91)47(31(87)42(98-55)16(73)8-65)104-52-28(84)20(76)22(78)38(96-52)12(69)4-61/h12-59,61-93H,1-11,60H2/t12?,13-,14-,15-,16-,17-,18-,19-,20?,21+,22?,23+,24+,25+,26+,27+,28+,29+,30-,31-,32-,33-,34+,35+,36+,37+,38-,39-,40-,41-,42-,43-,44-,45-,46+,47+,48+,49+,50+,51+,52-,53-,54+,55-,56-,57-,58+,59-/m1/s1. The Kier molecular flexibility index (Phi) is 34.7. The van der Waals surface area contributed by atoms with Crippen LogP contribution in [-0.2, 0) is 75.8 Å². The summed E-state index contributed by atoms with van der Waals surface area (Å²) in [5.41, 5.74) is 5.60. The fourth-order valence-corrected chi connectivity index (χ4v) is 13.6. The van der Waals surface area contributed by atoms with Gasteiger partial charge in [-0.25, -0.2) is 0 Å². The summed E-state index contributed by atoms with van der Waals surface area (Å²) in [6, 6.07) is 0. The Morgan fingerprint density at radius 2 is 0.459 bits per heavy atom. The number of hydrogen-bond acceptors (Lipinski definition) is 50. The first-order valence-corrected chi connectivity index (χ1v) is 34.6. The van der Waals surface area contributed by atoms with Crippen LogP contribution in [0.25, 0.3) is 0 Å². The molecule has 0 aromatic rings. The zero-order valence-electron chi connectivity index (χ0n) is 57.4. The third kappa shape index (κ3) is 20.1. The first-order chi connectivity index (χ1) is 51.6. The van der Waals surface area contributed by atoms with Gasteiger partial charge in [-0.2, -0.15) is 0 Å². The van der Waals surface area contributed by atoms with Gasteiger partial charge < -0.3 is 250 Å². The molecule has 8 aliphatic rings. The smallest absolute Gasteiger partial charge is 0.187 e. The maximum absolute atomic E-state index is 12.1. The van der Waals surface area contributed by atoms with Crippen LogP contribution in [0.2, 0.25) is 0 Å². The van der Waals surface area contributed by atoms with Gasteiger partial charge in [0.1, 0.15) is 244 Å². The van der Waals surface area contributed by atoms with Crippen molar-refractivity contribution >= 4 is 0 Å². The number of rotatable bonds is 34. The molecule has 8 heterocycles. The van der Waals surface area contributed by atoms with Gasteiger partial charge >= 0.3 is 0 Å². The Morgan fingerprint density at radius 1 is 0.229 bits per heavy atom. The summed E-state index contributed by atoms with van der Waals surface area (Å²) < 4.78 is 91.5. The van der Waals surface area contributed by atoms with E-state index in [4.69, 9.17) is 81.5 Å². The van der Waals surface area contributed by atoms with Gasteiger partial charge in [0.25, 0.3) is 0 Å². The summed E-state index contributed by atoms with van der Waals surface area (Å²) in [6.45, 7) is -10.1. The molecule has 0 saturated carbocycles. The van der Waals surface area contributed by atoms with E-state index in [2.05, 4.69) is 0 Å². The van der Waals surface area contributed by atoms with E-state index < -0.39 is 347 Å². The number of aliphatic hydroxyl groups excluding tert-OH is 33. The molecule has 35 N–H and O–H groups in total. The van der Waals surface area contributed by atoms with Crippen molar-refractivity contribution in [3.8, 4) is 0 Å². The second-order valence-electron chi connectivity index (χ2n) is 27.3. The zero-order chi connectivity index (χ0) is 80.8. The van der Waals surface area contributed by atoms with Gasteiger partial charge in [-0.3, -0.25) is 0 Å². The maximum Gasteiger partial charge on any atom is 0.187 e. The minimum Gasteiger partial charge on any atom is -0.394 e. The lowest BCUT2D eigenvalue weighted by Gasteiger charge is -2.51. The third-order valence-corrected chi connectivity index (χ3v) is 19.9. The van der Waals surface area contributed by atoms with Crippen LogP contribution in [0.1, 0.15) is 6.42 Å². The fourth-order valence-electron chi connectivity index (χ4n) is 13.6. The summed E-state index contributed by atoms with van der Waals surface area (Å²) in [6.07, 6.45) is -110. The molecule has 0 aromatic carbocycles. The van der Waals surface area contributed by atoms with Gasteiger partial charge in [0.05, 0.1) is 59.5 Å². The summed E-state index contributed by atoms with van der Waals surface area (Å²) in [4.78, 5) is 0. The van der Waals surface area contributed by atoms with E-state index in [9.17, 15) is 169 Å². The van der Waals surface area contributed by atoms with Crippen molar-refractivity contribution in [3.05, 3.63) is 0 Å². The second-order valence-corrected chi connectivity index (χ2v) is 27.3. The Bertz CT molecular complexity index is 2650. The third-order valence-electron chi connectivity index (χ3n) is 19.9. The quantitative estimate of drug-likeness (QED) is 0.0266. The summed E-state index contributed by atoms with van der Waals surface area (Å²) >= 11 is 0. The lowest BCUT2D eigenvalue weighted by molar-refractivity contribution is -0.407. The van der Waals surface area contributed by atoms with Crippen molar-refractivity contribution in [2.45, 2.75) is 301 Å². The van der Waals surface area contributed by atoms with E-state index in [-0.39, 0.29) is 19.6 Å². The Labute approximate surface area is 615 Å². The molecule has 50 nitrogen and oxygen atoms in total. The van der Waals surface area contributed by atoms with Crippen LogP contribution in [0, 0.1) is 0 Å². The van der Waals surface area contributed by atoms with Crippen molar-refractivity contribution in [2.75, 3.05) is 66.0 Å². The van der Waals surface area contributed by atoms with Gasteiger partial charge in [-0.1, -0.05) is 0 Å². The van der Waals surface area contributed by atoms with Crippen molar-refractivity contribution < 1.29 is 244 Å². The molecule has 0 aliphatic carbocycles. The lowest BCUT2D eigenvalue weighted by Crippen LogP contribution is -2.70. The van der Waals surface area contributed by atoms with Gasteiger partial charge in [-0.15, -0.1) is 0 Å². The van der Waals surface area contributed by atoms with Gasteiger partial charge in [0, 0.05) is 0 Å². The summed E-state index contributed by atoms with van der Waals surface area (Å²) in [5, 5.41) is 361. The fraction of sp³-hybridized carbons (Fsp3) is 1.00. The largest absolute Gasteiger partial charge is 0.394 e. The number of ether oxygens (including phenoxy) is 16. The molecule has 8 saturated heterocycles. The molecule has 0 spiro atoms. The topological polar surface area (TPSA) is 841 Å². The summed E-state index contributed by atoms with van der Waals surface area (Å²) in [5.74, 6) is 0. The molecule has 0 bridgehead atoms. The first-order valence-electron chi connectivity index (χ1n) is 34.6. The molecule has 50 heteroatoms. The van der Waals surface area contributed by atoms with E-state index in [0.717, 1.165) is 0 Å². The van der Waals surface area contributed by atoms with Crippen LogP contribution in [-0.4, -0.2) is 529 Å². The normalized spacial score (nSPS) is 48.4. The number of aliphatic hydroxyl groups is 33. The molecule has 8 rings (SSSR count). The van der Waals surface area contributed by atoms with E-state index in [1.54, 1.807) is 0 Å². The Hall–Kier alpha value is -2.00. The van der Waals surface area contributed by atoms with Crippen LogP contribution in [0.3, 0.4) is 0 Å². The highest BCUT2D eigenvalue weighted by Crippen LogP contribution is 2.41. The van der Waals surface area contributed by atoms with Crippen LogP contribution in [0.15, 0.2) is 0 Å². The van der Waals surface area contributed by atoms with Gasteiger partial charge in [-0.05, 0) is 13.0 Å². The predicted octanol–water partition coefficient (Wildman–Crippen LogP) is -23.2. The minimum absolute atomic E-state index is 0.0244. The monoisotopic (exact) mass is 1610 g/mol. The van der Waals surface area contributed by atoms with Gasteiger partial charge in [0.2, 0.25) is 0 Å². The Balaban J connectivity index is 1.04. The van der Waals surface area contributed by atoms with Crippen LogP contribution < -0.4 is 5.73 Å². The molecule has 8 fully saturated rings. The average Bonchev–Trinajstić information content (AvgIpc) is 0.770. The molecular formula is C59H105NO49. The van der Waals surface area contributed by atoms with E-state index in [0.29, 0.717) is 0 Å². The van der Waals surface area contributed by atoms with E-state index in [1.807, 2.05) is 0 Å². The average molecular weight is 1610 g/mol. The summed E-state index contributed by atoms with van der Waals surface area (Å²) in [7, 11) is 0. The molecule has 640 valence electrons. The predicted molar refractivity (Wildman–Crippen MR) is 330 cm³/mol. The molecule has 0 amide bonds. The van der Waals surface area contributed by atoms with Crippen LogP contribution in [0.5, 0.6) is 0 Å². The lowest BCUT2D eigenvalue weighted by atomic mass is 9.92. The second kappa shape index (κ2) is 40.9. The van der Waals surface area contributed by atoms with Crippen molar-refractivity contribution in [1.82, 2.24) is 0 Å². The number of hydrogen-bond donors (Lipinski definition) is 34. The molecule has 48 atom stereocenters. The minimum atomic E-state index is -2.66. The maximum atomic E-state index is 12.1. The highest BCUT2D eigenvalue weighted by Gasteiger charge is 2.62. The first kappa shape index (κ1) is 92.5. The van der Waals surface area contributed by atoms with Crippen LogP contribution in [0.4, 0.5) is 0 Å². The molecule has 8 aliphatic heterocycles. The van der Waals surface area contributed by atoms with Crippen LogP contribution >= 0.6 is 0 Å². The molecular weight excluding hydrogens is 1510 g/mol. The van der Waals surface area contributed by atoms with Crippen molar-refractivity contribution in [2.24, 2.45) is 5.73 Å². The highest BCUT2D eigenvalue weighted by atomic mass is 16.8. The molecule has 0 aromatic heterocycles. The SMILES string of the molecule is NCCCO[C@H]1O[C@H]([C@H](O)CO)[C@@H](O)[C@H](O)[C@@H]1O[C@H]1O[C@H]([C@H](O)CO)[C@@H](O)[C@H](O)[C@@H]1O[C@H]1O[C@H]([C@@H](CO)O[C@H]2O[C@H]([C@H](O)CO)[C@@H](O)[C@H](O[C@H]3O[C@H]([C@H](O)CO)[C@@H](O)[C@H](O[C@H]4O[C@H]([C@H](O)CO)[C@@H](O)[C@H](O[C@H]5O[C@H]([C@H](O)CO)[C@@H](O)[C@H](O[C@H]6O[C@H](C(O)CO)C(O)C(O)[C@@H]6O)[C@@H]5O)[C@@H]4O)[C@@H]3O)[C@@H]2O)[C@@H](O)[C@H](O)[C@@H]1O. The van der Waals surface area contributed by atoms with E-state index >= 15 is 0 Å². The zero-order valence-corrected chi connectivity index (χ0v) is 57.4. The molecule has 0 radical (unpaired) electrons. The van der Waals surface area contributed by atoms with Gasteiger partial charge in [0.15, 0.2) is 50.3 Å². The van der Waals surface area contributed by atoms with Crippen molar-refractivity contribution in [3.63, 3.8) is 0 Å². The Morgan fingerprint density at radius 3 is 0.771 bits per heavy atom. The van der Waals surface area contributed by atoms with Crippen molar-refractivity contribution in [1.29, 1.82) is 0 Å². The number of nitrogens with two attached hydrogens (primary N) is 1.